The molecule has 0 amide bonds. The summed E-state index contributed by atoms with van der Waals surface area (Å²) in [5.74, 6) is 0. The number of unbranched alkanes of at least 4 members (excludes halogenated alkanes) is 1. The molecule has 0 bridgehead atoms. The van der Waals surface area contributed by atoms with Gasteiger partial charge in [0.05, 0.1) is 0 Å². The van der Waals surface area contributed by atoms with Crippen LogP contribution >= 0.6 is 0 Å². The Morgan fingerprint density at radius 1 is 0.625 bits per heavy atom. The highest BCUT2D eigenvalue weighted by atomic mass is 15.1. The van der Waals surface area contributed by atoms with Crippen molar-refractivity contribution in [1.29, 1.82) is 0 Å². The molecule has 0 aromatic rings. The van der Waals surface area contributed by atoms with Crippen LogP contribution in [-0.4, -0.2) is 50.1 Å². The van der Waals surface area contributed by atoms with Crippen LogP contribution in [0.2, 0.25) is 0 Å². The first-order valence-corrected chi connectivity index (χ1v) is 7.07. The van der Waals surface area contributed by atoms with Crippen LogP contribution in [0.25, 0.3) is 0 Å². The summed E-state index contributed by atoms with van der Waals surface area (Å²) in [6.07, 6.45) is 8.29. The molecule has 2 rings (SSSR count). The molecular weight excluding hydrogens is 196 g/mol. The SMILES string of the molecule is CCCC.CN1CCCC1.CN1CCCC1. The van der Waals surface area contributed by atoms with Crippen molar-refractivity contribution in [2.75, 3.05) is 40.3 Å². The summed E-state index contributed by atoms with van der Waals surface area (Å²) in [6, 6.07) is 0. The normalized spacial score (nSPS) is 21.0. The van der Waals surface area contributed by atoms with Crippen molar-refractivity contribution in [2.45, 2.75) is 52.4 Å². The van der Waals surface area contributed by atoms with Gasteiger partial charge in [0.2, 0.25) is 0 Å². The number of nitrogens with zero attached hydrogens (tertiary/aromatic N) is 2. The first kappa shape index (κ1) is 15.9. The standard InChI is InChI=1S/2C5H11N.C4H10/c2*1-6-4-2-3-5-6;1-3-4-2/h2*2-5H2,1H3;3-4H2,1-2H3. The minimum atomic E-state index is 1.32. The van der Waals surface area contributed by atoms with Crippen molar-refractivity contribution in [3.05, 3.63) is 0 Å². The monoisotopic (exact) mass is 228 g/mol. The second-order valence-electron chi connectivity index (χ2n) is 5.02. The maximum absolute atomic E-state index is 2.36. The van der Waals surface area contributed by atoms with Crippen LogP contribution in [0.5, 0.6) is 0 Å². The van der Waals surface area contributed by atoms with E-state index in [1.165, 1.54) is 64.7 Å². The molecule has 2 nitrogen and oxygen atoms in total. The van der Waals surface area contributed by atoms with Gasteiger partial charge < -0.3 is 9.80 Å². The molecule has 0 saturated carbocycles. The van der Waals surface area contributed by atoms with Gasteiger partial charge in [-0.3, -0.25) is 0 Å². The predicted octanol–water partition coefficient (Wildman–Crippen LogP) is 3.23. The Bertz CT molecular complexity index is 109. The quantitative estimate of drug-likeness (QED) is 0.680. The van der Waals surface area contributed by atoms with Crippen molar-refractivity contribution < 1.29 is 0 Å². The Balaban J connectivity index is 0.000000217. The molecule has 16 heavy (non-hydrogen) atoms. The van der Waals surface area contributed by atoms with Gasteiger partial charge in [-0.05, 0) is 66.0 Å². The molecule has 2 saturated heterocycles. The van der Waals surface area contributed by atoms with Crippen molar-refractivity contribution >= 4 is 0 Å². The Labute approximate surface area is 103 Å². The van der Waals surface area contributed by atoms with Crippen molar-refractivity contribution in [3.63, 3.8) is 0 Å². The Morgan fingerprint density at radius 2 is 0.875 bits per heavy atom. The van der Waals surface area contributed by atoms with Crippen LogP contribution in [0.15, 0.2) is 0 Å². The van der Waals surface area contributed by atoms with E-state index in [1.54, 1.807) is 0 Å². The smallest absolute Gasteiger partial charge is 0.00213 e. The molecule has 0 atom stereocenters. The summed E-state index contributed by atoms with van der Waals surface area (Å²) in [4.78, 5) is 4.72. The largest absolute Gasteiger partial charge is 0.306 e. The molecule has 0 aromatic heterocycles. The van der Waals surface area contributed by atoms with Gasteiger partial charge in [-0.15, -0.1) is 0 Å². The Kier molecular flexibility index (Phi) is 11.3. The minimum absolute atomic E-state index is 1.32. The zero-order chi connectivity index (χ0) is 12.2. The summed E-state index contributed by atoms with van der Waals surface area (Å²) < 4.78 is 0. The second-order valence-corrected chi connectivity index (χ2v) is 5.02. The maximum Gasteiger partial charge on any atom is -0.00213 e. The fourth-order valence-electron chi connectivity index (χ4n) is 1.75. The number of hydrogen-bond donors (Lipinski definition) is 0. The molecule has 2 aliphatic rings. The van der Waals surface area contributed by atoms with Gasteiger partial charge in [0.25, 0.3) is 0 Å². The van der Waals surface area contributed by atoms with E-state index in [0.717, 1.165) is 0 Å². The predicted molar refractivity (Wildman–Crippen MR) is 74.0 cm³/mol. The number of hydrogen-bond acceptors (Lipinski definition) is 2. The van der Waals surface area contributed by atoms with Crippen LogP contribution in [-0.2, 0) is 0 Å². The average molecular weight is 228 g/mol. The fourth-order valence-corrected chi connectivity index (χ4v) is 1.75. The lowest BCUT2D eigenvalue weighted by Gasteiger charge is -2.01. The van der Waals surface area contributed by atoms with Crippen LogP contribution < -0.4 is 0 Å². The lowest BCUT2D eigenvalue weighted by Crippen LogP contribution is -2.10. The highest BCUT2D eigenvalue weighted by Crippen LogP contribution is 2.02. The van der Waals surface area contributed by atoms with E-state index in [-0.39, 0.29) is 0 Å². The number of rotatable bonds is 1. The highest BCUT2D eigenvalue weighted by molar-refractivity contribution is 4.59. The van der Waals surface area contributed by atoms with Crippen LogP contribution in [0, 0.1) is 0 Å². The van der Waals surface area contributed by atoms with Crippen LogP contribution in [0.1, 0.15) is 52.4 Å². The first-order valence-electron chi connectivity index (χ1n) is 7.07. The topological polar surface area (TPSA) is 6.48 Å². The average Bonchev–Trinajstić information content (AvgIpc) is 2.93. The Hall–Kier alpha value is -0.0800. The molecule has 0 N–H and O–H groups in total. The molecule has 2 fully saturated rings. The van der Waals surface area contributed by atoms with Gasteiger partial charge in [0.15, 0.2) is 0 Å². The second kappa shape index (κ2) is 11.4. The lowest BCUT2D eigenvalue weighted by molar-refractivity contribution is 0.418. The van der Waals surface area contributed by atoms with Gasteiger partial charge in [-0.1, -0.05) is 26.7 Å². The van der Waals surface area contributed by atoms with Gasteiger partial charge in [0.1, 0.15) is 0 Å². The molecule has 0 aliphatic carbocycles. The van der Waals surface area contributed by atoms with Gasteiger partial charge in [-0.2, -0.15) is 0 Å². The van der Waals surface area contributed by atoms with Crippen molar-refractivity contribution in [2.24, 2.45) is 0 Å². The van der Waals surface area contributed by atoms with E-state index in [4.69, 9.17) is 0 Å². The van der Waals surface area contributed by atoms with E-state index in [1.807, 2.05) is 0 Å². The van der Waals surface area contributed by atoms with Gasteiger partial charge in [-0.25, -0.2) is 0 Å². The van der Waals surface area contributed by atoms with Crippen LogP contribution in [0.3, 0.4) is 0 Å². The van der Waals surface area contributed by atoms with E-state index in [0.29, 0.717) is 0 Å². The third kappa shape index (κ3) is 10.4. The highest BCUT2D eigenvalue weighted by Gasteiger charge is 2.03. The summed E-state index contributed by atoms with van der Waals surface area (Å²) >= 11 is 0. The van der Waals surface area contributed by atoms with Gasteiger partial charge >= 0.3 is 0 Å². The van der Waals surface area contributed by atoms with E-state index in [2.05, 4.69) is 37.7 Å². The Morgan fingerprint density at radius 3 is 0.938 bits per heavy atom. The van der Waals surface area contributed by atoms with E-state index in [9.17, 15) is 0 Å². The molecule has 0 unspecified atom stereocenters. The fraction of sp³-hybridized carbons (Fsp3) is 1.00. The number of likely N-dealkylation sites (tertiary alicyclic amines) is 2. The minimum Gasteiger partial charge on any atom is -0.306 e. The zero-order valence-electron chi connectivity index (χ0n) is 12.0. The molecule has 2 heterocycles. The molecule has 98 valence electrons. The third-order valence-corrected chi connectivity index (χ3v) is 3.16. The molecular formula is C14H32N2. The summed E-state index contributed by atoms with van der Waals surface area (Å²) in [7, 11) is 4.35. The summed E-state index contributed by atoms with van der Waals surface area (Å²) in [5, 5.41) is 0. The molecule has 0 spiro atoms. The van der Waals surface area contributed by atoms with E-state index >= 15 is 0 Å². The van der Waals surface area contributed by atoms with Crippen molar-refractivity contribution in [3.8, 4) is 0 Å². The van der Waals surface area contributed by atoms with Crippen molar-refractivity contribution in [1.82, 2.24) is 9.80 Å². The third-order valence-electron chi connectivity index (χ3n) is 3.16. The summed E-state index contributed by atoms with van der Waals surface area (Å²) in [5.41, 5.74) is 0. The first-order chi connectivity index (χ1) is 7.70. The van der Waals surface area contributed by atoms with Crippen LogP contribution in [0.4, 0.5) is 0 Å². The molecule has 2 aliphatic heterocycles. The van der Waals surface area contributed by atoms with Gasteiger partial charge in [0, 0.05) is 0 Å². The molecule has 0 radical (unpaired) electrons. The lowest BCUT2D eigenvalue weighted by atomic mass is 10.4. The summed E-state index contributed by atoms with van der Waals surface area (Å²) in [6.45, 7) is 9.64. The zero-order valence-corrected chi connectivity index (χ0v) is 12.0. The maximum atomic E-state index is 2.36. The molecule has 2 heteroatoms. The molecule has 0 aromatic carbocycles. The van der Waals surface area contributed by atoms with E-state index < -0.39 is 0 Å².